The molecule has 0 saturated carbocycles. The van der Waals surface area contributed by atoms with Gasteiger partial charge < -0.3 is 9.47 Å². The molecule has 0 N–H and O–H groups in total. The highest BCUT2D eigenvalue weighted by Gasteiger charge is 2.00. The number of unbranched alkanes of at least 4 members (excludes halogenated alkanes) is 4. The second kappa shape index (κ2) is 13.4. The van der Waals surface area contributed by atoms with Gasteiger partial charge in [-0.1, -0.05) is 26.2 Å². The Hall–Kier alpha value is -1.03. The summed E-state index contributed by atoms with van der Waals surface area (Å²) in [7, 11) is 0. The first-order valence-electron chi connectivity index (χ1n) is 6.78. The fourth-order valence-electron chi connectivity index (χ4n) is 1.27. The highest BCUT2D eigenvalue weighted by atomic mass is 35.5. The number of carbonyl (C=O) groups excluding carboxylic acids is 2. The van der Waals surface area contributed by atoms with Crippen LogP contribution in [0.25, 0.3) is 0 Å². The van der Waals surface area contributed by atoms with E-state index < -0.39 is 11.9 Å². The van der Waals surface area contributed by atoms with Crippen molar-refractivity contribution in [2.24, 2.45) is 0 Å². The first-order valence-corrected chi connectivity index (χ1v) is 7.31. The molecule has 0 bridgehead atoms. The van der Waals surface area contributed by atoms with Crippen molar-refractivity contribution in [2.45, 2.75) is 45.4 Å². The lowest BCUT2D eigenvalue weighted by molar-refractivity contribution is -0.140. The summed E-state index contributed by atoms with van der Waals surface area (Å²) in [5.74, 6) is -0.347. The molecule has 0 rings (SSSR count). The van der Waals surface area contributed by atoms with Gasteiger partial charge in [-0.05, 0) is 19.3 Å². The van der Waals surface area contributed by atoms with Gasteiger partial charge in [-0.25, -0.2) is 9.59 Å². The molecular formula is C14H23ClO4. The van der Waals surface area contributed by atoms with Crippen molar-refractivity contribution in [1.82, 2.24) is 0 Å². The van der Waals surface area contributed by atoms with Crippen LogP contribution in [0.15, 0.2) is 12.2 Å². The zero-order valence-corrected chi connectivity index (χ0v) is 12.3. The van der Waals surface area contributed by atoms with Gasteiger partial charge in [0.1, 0.15) is 0 Å². The Morgan fingerprint density at radius 3 is 1.95 bits per heavy atom. The van der Waals surface area contributed by atoms with E-state index in [-0.39, 0.29) is 0 Å². The monoisotopic (exact) mass is 290 g/mol. The van der Waals surface area contributed by atoms with Crippen LogP contribution in [-0.4, -0.2) is 31.0 Å². The van der Waals surface area contributed by atoms with Crippen molar-refractivity contribution < 1.29 is 19.1 Å². The van der Waals surface area contributed by atoms with Gasteiger partial charge in [0.2, 0.25) is 0 Å². The smallest absolute Gasteiger partial charge is 0.331 e. The number of rotatable bonds is 11. The first-order chi connectivity index (χ1) is 9.20. The van der Waals surface area contributed by atoms with Crippen molar-refractivity contribution in [2.75, 3.05) is 19.1 Å². The molecule has 0 aromatic carbocycles. The van der Waals surface area contributed by atoms with Crippen LogP contribution in [0.3, 0.4) is 0 Å². The molecule has 0 spiro atoms. The third kappa shape index (κ3) is 13.2. The number of halogens is 1. The lowest BCUT2D eigenvalue weighted by Crippen LogP contribution is -2.06. The molecule has 0 aliphatic heterocycles. The van der Waals surface area contributed by atoms with E-state index in [1.54, 1.807) is 0 Å². The van der Waals surface area contributed by atoms with Crippen molar-refractivity contribution in [3.63, 3.8) is 0 Å². The first kappa shape index (κ1) is 18.0. The lowest BCUT2D eigenvalue weighted by Gasteiger charge is -2.01. The Balaban J connectivity index is 3.53. The second-order valence-electron chi connectivity index (χ2n) is 4.13. The molecule has 0 heterocycles. The maximum absolute atomic E-state index is 11.2. The van der Waals surface area contributed by atoms with Crippen molar-refractivity contribution in [3.05, 3.63) is 12.2 Å². The number of alkyl halides is 1. The molecule has 0 saturated heterocycles. The predicted octanol–water partition coefficient (Wildman–Crippen LogP) is 3.23. The molecule has 5 heteroatoms. The van der Waals surface area contributed by atoms with Crippen LogP contribution in [0.2, 0.25) is 0 Å². The molecule has 110 valence electrons. The van der Waals surface area contributed by atoms with Crippen LogP contribution in [0.5, 0.6) is 0 Å². The summed E-state index contributed by atoms with van der Waals surface area (Å²) in [5.41, 5.74) is 0. The van der Waals surface area contributed by atoms with Crippen LogP contribution in [0.1, 0.15) is 45.4 Å². The Bertz CT molecular complexity index is 277. The summed E-state index contributed by atoms with van der Waals surface area (Å²) >= 11 is 5.54. The fraction of sp³-hybridized carbons (Fsp3) is 0.714. The fourth-order valence-corrected chi connectivity index (χ4v) is 1.46. The van der Waals surface area contributed by atoms with Crippen molar-refractivity contribution >= 4 is 23.5 Å². The predicted molar refractivity (Wildman–Crippen MR) is 75.2 cm³/mol. The molecule has 0 atom stereocenters. The molecule has 0 aliphatic carbocycles. The summed E-state index contributed by atoms with van der Waals surface area (Å²) in [6.07, 6.45) is 7.83. The average molecular weight is 291 g/mol. The number of esters is 2. The normalized spacial score (nSPS) is 10.6. The van der Waals surface area contributed by atoms with Gasteiger partial charge in [-0.3, -0.25) is 0 Å². The van der Waals surface area contributed by atoms with Crippen LogP contribution in [-0.2, 0) is 19.1 Å². The SMILES string of the molecule is CCCCOC(=O)/C=C/C(=O)OCCCCCCCl. The van der Waals surface area contributed by atoms with Gasteiger partial charge in [0.05, 0.1) is 13.2 Å². The summed E-state index contributed by atoms with van der Waals surface area (Å²) in [5, 5.41) is 0. The Morgan fingerprint density at radius 1 is 0.895 bits per heavy atom. The molecule has 0 radical (unpaired) electrons. The minimum atomic E-state index is -0.509. The Labute approximate surface area is 120 Å². The number of hydrogen-bond acceptors (Lipinski definition) is 4. The van der Waals surface area contributed by atoms with Crippen molar-refractivity contribution in [3.8, 4) is 0 Å². The molecule has 4 nitrogen and oxygen atoms in total. The zero-order chi connectivity index (χ0) is 14.3. The van der Waals surface area contributed by atoms with Crippen LogP contribution in [0, 0.1) is 0 Å². The number of ether oxygens (including phenoxy) is 2. The molecule has 0 aromatic rings. The third-order valence-electron chi connectivity index (χ3n) is 2.37. The Kier molecular flexibility index (Phi) is 12.7. The molecule has 19 heavy (non-hydrogen) atoms. The molecule has 0 fully saturated rings. The molecule has 0 unspecified atom stereocenters. The highest BCUT2D eigenvalue weighted by Crippen LogP contribution is 2.01. The van der Waals surface area contributed by atoms with E-state index in [9.17, 15) is 9.59 Å². The third-order valence-corrected chi connectivity index (χ3v) is 2.64. The van der Waals surface area contributed by atoms with Crippen LogP contribution >= 0.6 is 11.6 Å². The molecule has 0 aromatic heterocycles. The summed E-state index contributed by atoms with van der Waals surface area (Å²) in [6, 6.07) is 0. The largest absolute Gasteiger partial charge is 0.463 e. The minimum Gasteiger partial charge on any atom is -0.463 e. The van der Waals surface area contributed by atoms with Crippen LogP contribution < -0.4 is 0 Å². The van der Waals surface area contributed by atoms with E-state index in [0.29, 0.717) is 19.1 Å². The molecule has 0 amide bonds. The average Bonchev–Trinajstić information content (AvgIpc) is 2.40. The van der Waals surface area contributed by atoms with Crippen molar-refractivity contribution in [1.29, 1.82) is 0 Å². The van der Waals surface area contributed by atoms with E-state index in [0.717, 1.165) is 50.7 Å². The molecule has 0 aliphatic rings. The van der Waals surface area contributed by atoms with Gasteiger partial charge >= 0.3 is 11.9 Å². The highest BCUT2D eigenvalue weighted by molar-refractivity contribution is 6.17. The van der Waals surface area contributed by atoms with E-state index >= 15 is 0 Å². The summed E-state index contributed by atoms with van der Waals surface area (Å²) < 4.78 is 9.79. The van der Waals surface area contributed by atoms with E-state index in [1.807, 2.05) is 6.92 Å². The summed E-state index contributed by atoms with van der Waals surface area (Å²) in [4.78, 5) is 22.4. The topological polar surface area (TPSA) is 52.6 Å². The minimum absolute atomic E-state index is 0.371. The quantitative estimate of drug-likeness (QED) is 0.254. The van der Waals surface area contributed by atoms with Gasteiger partial charge in [0.25, 0.3) is 0 Å². The van der Waals surface area contributed by atoms with Gasteiger partial charge in [-0.2, -0.15) is 0 Å². The van der Waals surface area contributed by atoms with Gasteiger partial charge in [0, 0.05) is 18.0 Å². The van der Waals surface area contributed by atoms with E-state index in [4.69, 9.17) is 21.1 Å². The van der Waals surface area contributed by atoms with Gasteiger partial charge in [-0.15, -0.1) is 11.6 Å². The summed E-state index contributed by atoms with van der Waals surface area (Å²) in [6.45, 7) is 2.76. The standard InChI is InChI=1S/C14H23ClO4/c1-2-3-11-18-13(16)8-9-14(17)19-12-7-5-4-6-10-15/h8-9H,2-7,10-12H2,1H3/b9-8+. The maximum atomic E-state index is 11.2. The zero-order valence-electron chi connectivity index (χ0n) is 11.5. The van der Waals surface area contributed by atoms with Crippen LogP contribution in [0.4, 0.5) is 0 Å². The Morgan fingerprint density at radius 2 is 1.42 bits per heavy atom. The second-order valence-corrected chi connectivity index (χ2v) is 4.50. The van der Waals surface area contributed by atoms with E-state index in [2.05, 4.69) is 0 Å². The maximum Gasteiger partial charge on any atom is 0.331 e. The lowest BCUT2D eigenvalue weighted by atomic mass is 10.2. The number of hydrogen-bond donors (Lipinski definition) is 0. The van der Waals surface area contributed by atoms with Gasteiger partial charge in [0.15, 0.2) is 0 Å². The molecular weight excluding hydrogens is 268 g/mol. The number of carbonyl (C=O) groups is 2. The van der Waals surface area contributed by atoms with E-state index in [1.165, 1.54) is 0 Å².